The van der Waals surface area contributed by atoms with E-state index in [1.165, 1.54) is 11.3 Å². The maximum atomic E-state index is 12.6. The van der Waals surface area contributed by atoms with Crippen molar-refractivity contribution in [3.8, 4) is 0 Å². The van der Waals surface area contributed by atoms with E-state index >= 15 is 0 Å². The number of nitrogens with zero attached hydrogens (tertiary/aromatic N) is 4. The highest BCUT2D eigenvalue weighted by atomic mass is 16.2. The molecule has 0 spiro atoms. The largest absolute Gasteiger partial charge is 0.335 e. The number of aromatic nitrogens is 2. The third-order valence-corrected chi connectivity index (χ3v) is 4.42. The molecule has 1 aromatic rings. The van der Waals surface area contributed by atoms with Crippen LogP contribution in [0.15, 0.2) is 0 Å². The maximum absolute atomic E-state index is 12.6. The van der Waals surface area contributed by atoms with Gasteiger partial charge >= 0.3 is 0 Å². The number of piperazine rings is 1. The number of amides is 1. The van der Waals surface area contributed by atoms with Gasteiger partial charge in [-0.25, -0.2) is 0 Å². The summed E-state index contributed by atoms with van der Waals surface area (Å²) < 4.78 is 1.90. The molecular formula is C14H22N4O. The standard InChI is InChI=1S/C14H22N4O/c1-3-17-7-9-18(10-8-17)14(19)13-11-5-4-6-12(11)16(2)15-13/h3-10H2,1-2H3. The number of hydrogen-bond donors (Lipinski definition) is 0. The van der Waals surface area contributed by atoms with Crippen LogP contribution in [0.5, 0.6) is 0 Å². The van der Waals surface area contributed by atoms with Crippen LogP contribution in [0.1, 0.15) is 35.1 Å². The van der Waals surface area contributed by atoms with Crippen LogP contribution in [-0.2, 0) is 19.9 Å². The zero-order chi connectivity index (χ0) is 13.4. The van der Waals surface area contributed by atoms with Crippen LogP contribution in [0.4, 0.5) is 0 Å². The van der Waals surface area contributed by atoms with E-state index in [1.807, 2.05) is 16.6 Å². The summed E-state index contributed by atoms with van der Waals surface area (Å²) in [4.78, 5) is 16.9. The zero-order valence-electron chi connectivity index (χ0n) is 11.9. The number of likely N-dealkylation sites (N-methyl/N-ethyl adjacent to an activating group) is 1. The average Bonchev–Trinajstić information content (AvgIpc) is 3.03. The lowest BCUT2D eigenvalue weighted by Gasteiger charge is -2.33. The molecule has 2 heterocycles. The molecule has 0 radical (unpaired) electrons. The molecule has 104 valence electrons. The van der Waals surface area contributed by atoms with Crippen LogP contribution in [0, 0.1) is 0 Å². The second-order valence-electron chi connectivity index (χ2n) is 5.48. The van der Waals surface area contributed by atoms with Crippen LogP contribution in [0.2, 0.25) is 0 Å². The number of rotatable bonds is 2. The number of carbonyl (C=O) groups is 1. The Hall–Kier alpha value is -1.36. The Morgan fingerprint density at radius 1 is 1.21 bits per heavy atom. The van der Waals surface area contributed by atoms with Gasteiger partial charge in [-0.05, 0) is 25.8 Å². The van der Waals surface area contributed by atoms with Gasteiger partial charge in [-0.15, -0.1) is 0 Å². The number of aryl methyl sites for hydroxylation is 1. The molecule has 1 amide bonds. The first-order valence-electron chi connectivity index (χ1n) is 7.27. The first-order valence-corrected chi connectivity index (χ1v) is 7.27. The van der Waals surface area contributed by atoms with Crippen molar-refractivity contribution in [2.45, 2.75) is 26.2 Å². The fraction of sp³-hybridized carbons (Fsp3) is 0.714. The van der Waals surface area contributed by atoms with Gasteiger partial charge in [-0.1, -0.05) is 6.92 Å². The molecule has 3 rings (SSSR count). The highest BCUT2D eigenvalue weighted by Gasteiger charge is 2.29. The van der Waals surface area contributed by atoms with Gasteiger partial charge in [0, 0.05) is 44.5 Å². The van der Waals surface area contributed by atoms with Gasteiger partial charge in [0.15, 0.2) is 5.69 Å². The fourth-order valence-corrected chi connectivity index (χ4v) is 3.20. The summed E-state index contributed by atoms with van der Waals surface area (Å²) in [6.45, 7) is 6.87. The molecule has 0 unspecified atom stereocenters. The second-order valence-corrected chi connectivity index (χ2v) is 5.48. The van der Waals surface area contributed by atoms with Gasteiger partial charge in [0.25, 0.3) is 5.91 Å². The summed E-state index contributed by atoms with van der Waals surface area (Å²) in [5, 5.41) is 4.46. The van der Waals surface area contributed by atoms with Gasteiger partial charge in [-0.2, -0.15) is 5.10 Å². The van der Waals surface area contributed by atoms with Crippen LogP contribution >= 0.6 is 0 Å². The predicted octanol–water partition coefficient (Wildman–Crippen LogP) is 0.686. The fourth-order valence-electron chi connectivity index (χ4n) is 3.20. The van der Waals surface area contributed by atoms with Gasteiger partial charge in [0.2, 0.25) is 0 Å². The lowest BCUT2D eigenvalue weighted by molar-refractivity contribution is 0.0635. The molecule has 0 saturated carbocycles. The summed E-state index contributed by atoms with van der Waals surface area (Å²) in [7, 11) is 1.95. The van der Waals surface area contributed by atoms with E-state index in [-0.39, 0.29) is 5.91 Å². The van der Waals surface area contributed by atoms with Gasteiger partial charge in [0.05, 0.1) is 0 Å². The van der Waals surface area contributed by atoms with Gasteiger partial charge < -0.3 is 9.80 Å². The predicted molar refractivity (Wildman–Crippen MR) is 73.3 cm³/mol. The Morgan fingerprint density at radius 2 is 1.95 bits per heavy atom. The molecular weight excluding hydrogens is 240 g/mol. The van der Waals surface area contributed by atoms with Gasteiger partial charge in [0.1, 0.15) is 0 Å². The van der Waals surface area contributed by atoms with E-state index in [1.54, 1.807) is 0 Å². The summed E-state index contributed by atoms with van der Waals surface area (Å²) in [5.41, 5.74) is 3.17. The lowest BCUT2D eigenvalue weighted by atomic mass is 10.1. The van der Waals surface area contributed by atoms with Crippen molar-refractivity contribution in [2.24, 2.45) is 7.05 Å². The van der Waals surface area contributed by atoms with E-state index in [0.717, 1.165) is 52.0 Å². The Morgan fingerprint density at radius 3 is 2.63 bits per heavy atom. The van der Waals surface area contributed by atoms with E-state index in [9.17, 15) is 4.79 Å². The SMILES string of the molecule is CCN1CCN(C(=O)c2nn(C)c3c2CCC3)CC1. The Bertz CT molecular complexity index is 486. The molecule has 0 bridgehead atoms. The third kappa shape index (κ3) is 2.16. The molecule has 1 saturated heterocycles. The molecule has 19 heavy (non-hydrogen) atoms. The van der Waals surface area contributed by atoms with Crippen LogP contribution in [0.3, 0.4) is 0 Å². The van der Waals surface area contributed by atoms with Crippen molar-refractivity contribution in [1.29, 1.82) is 0 Å². The smallest absolute Gasteiger partial charge is 0.274 e. The molecule has 0 atom stereocenters. The Labute approximate surface area is 114 Å². The molecule has 1 aliphatic carbocycles. The number of hydrogen-bond acceptors (Lipinski definition) is 3. The highest BCUT2D eigenvalue weighted by molar-refractivity contribution is 5.94. The van der Waals surface area contributed by atoms with E-state index < -0.39 is 0 Å². The molecule has 5 nitrogen and oxygen atoms in total. The van der Waals surface area contributed by atoms with Crippen molar-refractivity contribution >= 4 is 5.91 Å². The van der Waals surface area contributed by atoms with Crippen LogP contribution < -0.4 is 0 Å². The minimum atomic E-state index is 0.134. The minimum absolute atomic E-state index is 0.134. The topological polar surface area (TPSA) is 41.4 Å². The van der Waals surface area contributed by atoms with Crippen molar-refractivity contribution in [2.75, 3.05) is 32.7 Å². The molecule has 1 fully saturated rings. The number of carbonyl (C=O) groups excluding carboxylic acids is 1. The zero-order valence-corrected chi connectivity index (χ0v) is 11.9. The second kappa shape index (κ2) is 4.96. The van der Waals surface area contributed by atoms with Crippen molar-refractivity contribution in [1.82, 2.24) is 19.6 Å². The van der Waals surface area contributed by atoms with Crippen molar-refractivity contribution in [3.05, 3.63) is 17.0 Å². The molecule has 5 heteroatoms. The summed E-state index contributed by atoms with van der Waals surface area (Å²) in [6.07, 6.45) is 3.24. The quantitative estimate of drug-likeness (QED) is 0.787. The number of fused-ring (bicyclic) bond motifs is 1. The van der Waals surface area contributed by atoms with E-state index in [2.05, 4.69) is 16.9 Å². The molecule has 0 N–H and O–H groups in total. The maximum Gasteiger partial charge on any atom is 0.274 e. The minimum Gasteiger partial charge on any atom is -0.335 e. The van der Waals surface area contributed by atoms with Crippen molar-refractivity contribution < 1.29 is 4.79 Å². The van der Waals surface area contributed by atoms with E-state index in [0.29, 0.717) is 5.69 Å². The molecule has 1 aromatic heterocycles. The summed E-state index contributed by atoms with van der Waals surface area (Å²) in [5.74, 6) is 0.134. The summed E-state index contributed by atoms with van der Waals surface area (Å²) >= 11 is 0. The average molecular weight is 262 g/mol. The lowest BCUT2D eigenvalue weighted by Crippen LogP contribution is -2.48. The van der Waals surface area contributed by atoms with Gasteiger partial charge in [-0.3, -0.25) is 9.48 Å². The van der Waals surface area contributed by atoms with Crippen LogP contribution in [-0.4, -0.2) is 58.2 Å². The molecule has 2 aliphatic rings. The van der Waals surface area contributed by atoms with E-state index in [4.69, 9.17) is 0 Å². The Balaban J connectivity index is 1.76. The third-order valence-electron chi connectivity index (χ3n) is 4.42. The molecule has 0 aromatic carbocycles. The van der Waals surface area contributed by atoms with Crippen molar-refractivity contribution in [3.63, 3.8) is 0 Å². The first-order chi connectivity index (χ1) is 9.20. The first kappa shape index (κ1) is 12.7. The van der Waals surface area contributed by atoms with Crippen LogP contribution in [0.25, 0.3) is 0 Å². The summed E-state index contributed by atoms with van der Waals surface area (Å²) in [6, 6.07) is 0. The Kier molecular flexibility index (Phi) is 3.31. The normalized spacial score (nSPS) is 19.8. The molecule has 1 aliphatic heterocycles. The monoisotopic (exact) mass is 262 g/mol. The highest BCUT2D eigenvalue weighted by Crippen LogP contribution is 2.25.